The molecule has 1 heterocycles. The van der Waals surface area contributed by atoms with Crippen LogP contribution in [0, 0.1) is 11.8 Å². The van der Waals surface area contributed by atoms with Crippen LogP contribution in [0.1, 0.15) is 33.1 Å². The summed E-state index contributed by atoms with van der Waals surface area (Å²) in [5.74, 6) is 0.275. The molecule has 0 radical (unpaired) electrons. The predicted molar refractivity (Wildman–Crippen MR) is 62.0 cm³/mol. The molecule has 1 saturated heterocycles. The van der Waals surface area contributed by atoms with Crippen molar-refractivity contribution in [3.8, 4) is 0 Å². The molecule has 2 unspecified atom stereocenters. The molecule has 0 aromatic rings. The van der Waals surface area contributed by atoms with Gasteiger partial charge in [0.1, 0.15) is 0 Å². The van der Waals surface area contributed by atoms with Crippen LogP contribution in [0.15, 0.2) is 0 Å². The van der Waals surface area contributed by atoms with Gasteiger partial charge in [0.05, 0.1) is 18.6 Å². The van der Waals surface area contributed by atoms with Crippen LogP contribution < -0.4 is 5.32 Å². The Kier molecular flexibility index (Phi) is 5.77. The number of hydrogen-bond acceptors (Lipinski definition) is 3. The fraction of sp³-hybridized carbons (Fsp3) is 0.917. The molecule has 0 bridgehead atoms. The normalized spacial score (nSPS) is 22.4. The third kappa shape index (κ3) is 3.76. The summed E-state index contributed by atoms with van der Waals surface area (Å²) in [6, 6.07) is 0. The van der Waals surface area contributed by atoms with Crippen LogP contribution in [-0.4, -0.2) is 36.9 Å². The molecule has 1 aliphatic rings. The van der Waals surface area contributed by atoms with Crippen LogP contribution in [0.4, 0.5) is 0 Å². The lowest BCUT2D eigenvalue weighted by Crippen LogP contribution is -2.39. The number of amides is 1. The van der Waals surface area contributed by atoms with Crippen molar-refractivity contribution in [3.63, 3.8) is 0 Å². The predicted octanol–water partition coefficient (Wildman–Crippen LogP) is 0.936. The molecule has 94 valence electrons. The Morgan fingerprint density at radius 2 is 2.19 bits per heavy atom. The van der Waals surface area contributed by atoms with E-state index in [0.29, 0.717) is 19.8 Å². The first kappa shape index (κ1) is 13.5. The third-order valence-electron chi connectivity index (χ3n) is 3.38. The fourth-order valence-electron chi connectivity index (χ4n) is 2.09. The largest absolute Gasteiger partial charge is 0.391 e. The summed E-state index contributed by atoms with van der Waals surface area (Å²) in [4.78, 5) is 11.6. The molecule has 4 nitrogen and oxygen atoms in total. The van der Waals surface area contributed by atoms with Crippen LogP contribution in [0.3, 0.4) is 0 Å². The molecule has 2 atom stereocenters. The molecule has 4 heteroatoms. The Morgan fingerprint density at radius 1 is 1.50 bits per heavy atom. The van der Waals surface area contributed by atoms with Gasteiger partial charge >= 0.3 is 0 Å². The second-order valence-corrected chi connectivity index (χ2v) is 4.45. The van der Waals surface area contributed by atoms with Gasteiger partial charge in [-0.2, -0.15) is 0 Å². The third-order valence-corrected chi connectivity index (χ3v) is 3.38. The Balaban J connectivity index is 2.24. The maximum Gasteiger partial charge on any atom is 0.225 e. The van der Waals surface area contributed by atoms with Crippen molar-refractivity contribution in [2.45, 2.75) is 39.2 Å². The first-order chi connectivity index (χ1) is 7.69. The average Bonchev–Trinajstić information content (AvgIpc) is 2.81. The summed E-state index contributed by atoms with van der Waals surface area (Å²) in [5, 5.41) is 12.7. The van der Waals surface area contributed by atoms with Gasteiger partial charge in [-0.3, -0.25) is 4.79 Å². The van der Waals surface area contributed by atoms with E-state index < -0.39 is 6.10 Å². The first-order valence-corrected chi connectivity index (χ1v) is 6.22. The van der Waals surface area contributed by atoms with Gasteiger partial charge in [-0.15, -0.1) is 0 Å². The quantitative estimate of drug-likeness (QED) is 0.712. The van der Waals surface area contributed by atoms with Gasteiger partial charge in [-0.05, 0) is 12.3 Å². The Labute approximate surface area is 97.4 Å². The van der Waals surface area contributed by atoms with Crippen molar-refractivity contribution in [2.24, 2.45) is 11.8 Å². The number of aliphatic hydroxyl groups is 1. The molecular weight excluding hydrogens is 206 g/mol. The van der Waals surface area contributed by atoms with Crippen LogP contribution in [0.2, 0.25) is 0 Å². The molecule has 1 aliphatic heterocycles. The van der Waals surface area contributed by atoms with E-state index in [1.165, 1.54) is 0 Å². The Hall–Kier alpha value is -0.610. The lowest BCUT2D eigenvalue weighted by molar-refractivity contribution is -0.125. The van der Waals surface area contributed by atoms with Gasteiger partial charge in [-0.1, -0.05) is 26.7 Å². The van der Waals surface area contributed by atoms with E-state index in [9.17, 15) is 9.90 Å². The van der Waals surface area contributed by atoms with E-state index in [-0.39, 0.29) is 17.7 Å². The maximum absolute atomic E-state index is 11.6. The van der Waals surface area contributed by atoms with Crippen LogP contribution in [0.5, 0.6) is 0 Å². The number of hydrogen-bond donors (Lipinski definition) is 2. The van der Waals surface area contributed by atoms with E-state index in [4.69, 9.17) is 4.74 Å². The van der Waals surface area contributed by atoms with Gasteiger partial charge in [-0.25, -0.2) is 0 Å². The summed E-state index contributed by atoms with van der Waals surface area (Å²) >= 11 is 0. The highest BCUT2D eigenvalue weighted by Gasteiger charge is 2.24. The van der Waals surface area contributed by atoms with Gasteiger partial charge in [0.15, 0.2) is 0 Å². The number of rotatable bonds is 6. The van der Waals surface area contributed by atoms with Crippen molar-refractivity contribution in [3.05, 3.63) is 0 Å². The number of carbonyl (C=O) groups excluding carboxylic acids is 1. The number of ether oxygens (including phenoxy) is 1. The molecule has 16 heavy (non-hydrogen) atoms. The van der Waals surface area contributed by atoms with Crippen LogP contribution >= 0.6 is 0 Å². The average molecular weight is 229 g/mol. The zero-order valence-corrected chi connectivity index (χ0v) is 10.2. The molecule has 0 saturated carbocycles. The van der Waals surface area contributed by atoms with E-state index in [2.05, 4.69) is 19.2 Å². The topological polar surface area (TPSA) is 58.6 Å². The second kappa shape index (κ2) is 6.86. The summed E-state index contributed by atoms with van der Waals surface area (Å²) in [5.41, 5.74) is 0. The summed E-state index contributed by atoms with van der Waals surface area (Å²) in [6.07, 6.45) is 2.26. The van der Waals surface area contributed by atoms with Gasteiger partial charge in [0, 0.05) is 13.2 Å². The molecule has 2 N–H and O–H groups in total. The Morgan fingerprint density at radius 3 is 2.69 bits per heavy atom. The highest BCUT2D eigenvalue weighted by molar-refractivity contribution is 5.78. The summed E-state index contributed by atoms with van der Waals surface area (Å²) in [7, 11) is 0. The van der Waals surface area contributed by atoms with E-state index in [1.807, 2.05) is 0 Å². The zero-order valence-electron chi connectivity index (χ0n) is 10.2. The Bertz CT molecular complexity index is 210. The lowest BCUT2D eigenvalue weighted by Gasteiger charge is -2.21. The standard InChI is InChI=1S/C12H23NO3/c1-3-9(4-2)11(14)7-13-12(15)10-5-6-16-8-10/h9-11,14H,3-8H2,1-2H3,(H,13,15). The summed E-state index contributed by atoms with van der Waals surface area (Å²) in [6.45, 7) is 5.68. The van der Waals surface area contributed by atoms with Crippen molar-refractivity contribution in [2.75, 3.05) is 19.8 Å². The molecule has 1 amide bonds. The van der Waals surface area contributed by atoms with Crippen molar-refractivity contribution in [1.29, 1.82) is 0 Å². The summed E-state index contributed by atoms with van der Waals surface area (Å²) < 4.78 is 5.15. The molecule has 0 aromatic carbocycles. The van der Waals surface area contributed by atoms with Crippen molar-refractivity contribution < 1.29 is 14.6 Å². The molecular formula is C12H23NO3. The van der Waals surface area contributed by atoms with Gasteiger partial charge in [0.2, 0.25) is 5.91 Å². The highest BCUT2D eigenvalue weighted by atomic mass is 16.5. The number of aliphatic hydroxyl groups excluding tert-OH is 1. The number of nitrogens with one attached hydrogen (secondary N) is 1. The monoisotopic (exact) mass is 229 g/mol. The molecule has 1 rings (SSSR count). The minimum atomic E-state index is -0.429. The fourth-order valence-corrected chi connectivity index (χ4v) is 2.09. The van der Waals surface area contributed by atoms with Gasteiger partial charge < -0.3 is 15.2 Å². The highest BCUT2D eigenvalue weighted by Crippen LogP contribution is 2.14. The molecule has 0 aromatic heterocycles. The smallest absolute Gasteiger partial charge is 0.225 e. The zero-order chi connectivity index (χ0) is 12.0. The van der Waals surface area contributed by atoms with Crippen molar-refractivity contribution >= 4 is 5.91 Å². The van der Waals surface area contributed by atoms with E-state index in [1.54, 1.807) is 0 Å². The minimum Gasteiger partial charge on any atom is -0.391 e. The molecule has 0 spiro atoms. The van der Waals surface area contributed by atoms with Crippen LogP contribution in [-0.2, 0) is 9.53 Å². The SMILES string of the molecule is CCC(CC)C(O)CNC(=O)C1CCOC1. The van der Waals surface area contributed by atoms with Crippen LogP contribution in [0.25, 0.3) is 0 Å². The van der Waals surface area contributed by atoms with Gasteiger partial charge in [0.25, 0.3) is 0 Å². The minimum absolute atomic E-state index is 0.0162. The first-order valence-electron chi connectivity index (χ1n) is 6.22. The second-order valence-electron chi connectivity index (χ2n) is 4.45. The van der Waals surface area contributed by atoms with Crippen molar-refractivity contribution in [1.82, 2.24) is 5.32 Å². The lowest BCUT2D eigenvalue weighted by atomic mass is 9.96. The maximum atomic E-state index is 11.6. The van der Waals surface area contributed by atoms with E-state index in [0.717, 1.165) is 19.3 Å². The molecule has 1 fully saturated rings. The molecule has 0 aliphatic carbocycles. The number of carbonyl (C=O) groups is 1. The van der Waals surface area contributed by atoms with E-state index >= 15 is 0 Å².